The van der Waals surface area contributed by atoms with E-state index in [2.05, 4.69) is 37.7 Å². The van der Waals surface area contributed by atoms with Gasteiger partial charge in [-0.05, 0) is 64.6 Å². The van der Waals surface area contributed by atoms with E-state index < -0.39 is 0 Å². The number of nitrogens with two attached hydrogens (primary N) is 1. The summed E-state index contributed by atoms with van der Waals surface area (Å²) in [6.45, 7) is 8.03. The topological polar surface area (TPSA) is 32.5 Å². The third-order valence-corrected chi connectivity index (χ3v) is 6.00. The second-order valence-corrected chi connectivity index (χ2v) is 8.19. The molecule has 1 heterocycles. The highest BCUT2D eigenvalue weighted by Gasteiger charge is 2.41. The van der Waals surface area contributed by atoms with Gasteiger partial charge in [0.15, 0.2) is 0 Å². The van der Waals surface area contributed by atoms with Gasteiger partial charge in [-0.25, -0.2) is 0 Å². The van der Waals surface area contributed by atoms with Crippen LogP contribution in [-0.4, -0.2) is 55.1 Å². The lowest BCUT2D eigenvalue weighted by atomic mass is 9.71. The predicted molar refractivity (Wildman–Crippen MR) is 91.5 cm³/mol. The van der Waals surface area contributed by atoms with Crippen LogP contribution in [0.1, 0.15) is 58.8 Å². The molecule has 1 aliphatic carbocycles. The zero-order valence-electron chi connectivity index (χ0n) is 14.8. The van der Waals surface area contributed by atoms with Crippen molar-refractivity contribution in [2.24, 2.45) is 17.6 Å². The molecule has 2 fully saturated rings. The average Bonchev–Trinajstić information content (AvgIpc) is 2.46. The van der Waals surface area contributed by atoms with Crippen molar-refractivity contribution in [1.82, 2.24) is 9.80 Å². The fourth-order valence-electron chi connectivity index (χ4n) is 4.82. The maximum Gasteiger partial charge on any atom is 0.0334 e. The molecule has 1 saturated heterocycles. The van der Waals surface area contributed by atoms with E-state index in [0.717, 1.165) is 18.4 Å². The van der Waals surface area contributed by atoms with Crippen molar-refractivity contribution in [2.75, 3.05) is 33.7 Å². The summed E-state index contributed by atoms with van der Waals surface area (Å²) in [6.07, 6.45) is 9.45. The molecule has 3 atom stereocenters. The molecule has 0 radical (unpaired) electrons. The fourth-order valence-corrected chi connectivity index (χ4v) is 4.82. The molecule has 2 N–H and O–H groups in total. The summed E-state index contributed by atoms with van der Waals surface area (Å²) in [5, 5.41) is 0. The van der Waals surface area contributed by atoms with Crippen LogP contribution in [0.5, 0.6) is 0 Å². The fraction of sp³-hybridized carbons (Fsp3) is 1.00. The Labute approximate surface area is 132 Å². The van der Waals surface area contributed by atoms with Crippen LogP contribution in [0.25, 0.3) is 0 Å². The number of hydrogen-bond acceptors (Lipinski definition) is 3. The van der Waals surface area contributed by atoms with Crippen LogP contribution in [-0.2, 0) is 0 Å². The maximum absolute atomic E-state index is 6.32. The smallest absolute Gasteiger partial charge is 0.0334 e. The van der Waals surface area contributed by atoms with Gasteiger partial charge in [0, 0.05) is 24.7 Å². The normalized spacial score (nSPS) is 35.6. The van der Waals surface area contributed by atoms with E-state index in [9.17, 15) is 0 Å². The third-order valence-electron chi connectivity index (χ3n) is 6.00. The first-order valence-corrected chi connectivity index (χ1v) is 9.08. The molecule has 0 bridgehead atoms. The first kappa shape index (κ1) is 17.2. The Balaban J connectivity index is 2.04. The monoisotopic (exact) mass is 295 g/mol. The quantitative estimate of drug-likeness (QED) is 0.846. The minimum atomic E-state index is 0.265. The van der Waals surface area contributed by atoms with Gasteiger partial charge in [-0.1, -0.05) is 26.7 Å². The molecular weight excluding hydrogens is 258 g/mol. The Morgan fingerprint density at radius 1 is 1.29 bits per heavy atom. The number of hydrogen-bond donors (Lipinski definition) is 1. The number of likely N-dealkylation sites (tertiary alicyclic amines) is 1. The summed E-state index contributed by atoms with van der Waals surface area (Å²) in [7, 11) is 4.62. The highest BCUT2D eigenvalue weighted by molar-refractivity contribution is 4.98. The number of nitrogens with zero attached hydrogens (tertiary/aromatic N) is 2. The molecule has 0 aromatic rings. The lowest BCUT2D eigenvalue weighted by Crippen LogP contribution is -2.60. The molecule has 0 spiro atoms. The number of likely N-dealkylation sites (N-methyl/N-ethyl adjacent to an activating group) is 2. The number of rotatable bonds is 5. The molecule has 2 rings (SSSR count). The molecule has 0 aromatic heterocycles. The van der Waals surface area contributed by atoms with Gasteiger partial charge in [-0.2, -0.15) is 0 Å². The maximum atomic E-state index is 6.32. The molecule has 3 unspecified atom stereocenters. The molecule has 0 aromatic carbocycles. The molecule has 2 aliphatic rings. The Bertz CT molecular complexity index is 318. The molecule has 124 valence electrons. The second-order valence-electron chi connectivity index (χ2n) is 8.19. The van der Waals surface area contributed by atoms with Crippen molar-refractivity contribution in [1.29, 1.82) is 0 Å². The first-order valence-electron chi connectivity index (χ1n) is 9.08. The van der Waals surface area contributed by atoms with Gasteiger partial charge in [0.05, 0.1) is 0 Å². The minimum Gasteiger partial charge on any atom is -0.329 e. The summed E-state index contributed by atoms with van der Waals surface area (Å²) in [6, 6.07) is 0.699. The van der Waals surface area contributed by atoms with E-state index in [-0.39, 0.29) is 5.54 Å². The molecule has 1 saturated carbocycles. The Morgan fingerprint density at radius 3 is 2.67 bits per heavy atom. The van der Waals surface area contributed by atoms with Crippen LogP contribution < -0.4 is 5.73 Å². The largest absolute Gasteiger partial charge is 0.329 e. The summed E-state index contributed by atoms with van der Waals surface area (Å²) in [5.41, 5.74) is 6.58. The van der Waals surface area contributed by atoms with E-state index >= 15 is 0 Å². The third kappa shape index (κ3) is 4.20. The van der Waals surface area contributed by atoms with Crippen molar-refractivity contribution >= 4 is 0 Å². The molecule has 21 heavy (non-hydrogen) atoms. The lowest BCUT2D eigenvalue weighted by molar-refractivity contribution is -0.00249. The summed E-state index contributed by atoms with van der Waals surface area (Å²) in [5.74, 6) is 1.70. The van der Waals surface area contributed by atoms with Crippen LogP contribution in [0, 0.1) is 11.8 Å². The van der Waals surface area contributed by atoms with Crippen molar-refractivity contribution in [2.45, 2.75) is 70.4 Å². The van der Waals surface area contributed by atoms with Crippen LogP contribution >= 0.6 is 0 Å². The van der Waals surface area contributed by atoms with Gasteiger partial charge < -0.3 is 10.6 Å². The second kappa shape index (κ2) is 7.43. The van der Waals surface area contributed by atoms with Crippen molar-refractivity contribution in [3.8, 4) is 0 Å². The van der Waals surface area contributed by atoms with Gasteiger partial charge >= 0.3 is 0 Å². The summed E-state index contributed by atoms with van der Waals surface area (Å²) in [4.78, 5) is 5.18. The van der Waals surface area contributed by atoms with Crippen molar-refractivity contribution in [3.05, 3.63) is 0 Å². The molecule has 0 amide bonds. The molecule has 1 aliphatic heterocycles. The first-order chi connectivity index (χ1) is 9.97. The van der Waals surface area contributed by atoms with Crippen LogP contribution in [0.4, 0.5) is 0 Å². The lowest BCUT2D eigenvalue weighted by Gasteiger charge is -2.51. The molecule has 3 heteroatoms. The Morgan fingerprint density at radius 2 is 2.05 bits per heavy atom. The molecule has 3 nitrogen and oxygen atoms in total. The predicted octanol–water partition coefficient (Wildman–Crippen LogP) is 2.95. The van der Waals surface area contributed by atoms with E-state index in [0.29, 0.717) is 6.04 Å². The SMILES string of the molecule is CC(C)CC1CCCC(CN)(N(C)C2CCCN(C)C2)C1. The highest BCUT2D eigenvalue weighted by Crippen LogP contribution is 2.40. The van der Waals surface area contributed by atoms with Gasteiger partial charge in [-0.15, -0.1) is 0 Å². The Hall–Kier alpha value is -0.120. The standard InChI is InChI=1S/C18H37N3/c1-15(2)11-16-7-5-9-18(12-16,14-19)21(4)17-8-6-10-20(3)13-17/h15-17H,5-14,19H2,1-4H3. The average molecular weight is 296 g/mol. The van der Waals surface area contributed by atoms with Crippen molar-refractivity contribution in [3.63, 3.8) is 0 Å². The minimum absolute atomic E-state index is 0.265. The molecular formula is C18H37N3. The van der Waals surface area contributed by atoms with Gasteiger partial charge in [0.2, 0.25) is 0 Å². The number of piperidine rings is 1. The van der Waals surface area contributed by atoms with Crippen molar-refractivity contribution < 1.29 is 0 Å². The van der Waals surface area contributed by atoms with E-state index in [4.69, 9.17) is 5.73 Å². The van der Waals surface area contributed by atoms with Gasteiger partial charge in [0.1, 0.15) is 0 Å². The zero-order valence-corrected chi connectivity index (χ0v) is 14.8. The van der Waals surface area contributed by atoms with E-state index in [1.54, 1.807) is 0 Å². The summed E-state index contributed by atoms with van der Waals surface area (Å²) >= 11 is 0. The van der Waals surface area contributed by atoms with Crippen LogP contribution in [0.3, 0.4) is 0 Å². The van der Waals surface area contributed by atoms with Gasteiger partial charge in [-0.3, -0.25) is 4.90 Å². The Kier molecular flexibility index (Phi) is 6.10. The van der Waals surface area contributed by atoms with Crippen LogP contribution in [0.15, 0.2) is 0 Å². The van der Waals surface area contributed by atoms with E-state index in [1.165, 1.54) is 58.0 Å². The zero-order chi connectivity index (χ0) is 15.5. The van der Waals surface area contributed by atoms with E-state index in [1.807, 2.05) is 0 Å². The summed E-state index contributed by atoms with van der Waals surface area (Å²) < 4.78 is 0. The van der Waals surface area contributed by atoms with Gasteiger partial charge in [0.25, 0.3) is 0 Å². The highest BCUT2D eigenvalue weighted by atomic mass is 15.3. The van der Waals surface area contributed by atoms with Crippen LogP contribution in [0.2, 0.25) is 0 Å².